The van der Waals surface area contributed by atoms with Gasteiger partial charge in [-0.1, -0.05) is 18.2 Å². The second kappa shape index (κ2) is 11.2. The van der Waals surface area contributed by atoms with Gasteiger partial charge in [-0.3, -0.25) is 4.68 Å². The maximum absolute atomic E-state index is 5.43. The molecule has 1 aromatic carbocycles. The number of aromatic nitrogens is 2. The average molecular weight is 423 g/mol. The smallest absolute Gasteiger partial charge is 0.191 e. The van der Waals surface area contributed by atoms with Gasteiger partial charge in [0, 0.05) is 57.1 Å². The number of para-hydroxylation sites is 1. The highest BCUT2D eigenvalue weighted by Gasteiger charge is 2.09. The summed E-state index contributed by atoms with van der Waals surface area (Å²) >= 11 is 0. The predicted octanol–water partition coefficient (Wildman–Crippen LogP) is 3.43. The van der Waals surface area contributed by atoms with Crippen LogP contribution in [-0.2, 0) is 20.0 Å². The standard InChI is InChI=1S/C24H34N6O/c1-19-23(20(2)30(4)28-19)18-27-24(26-15-13-22-12-8-17-31-22)25-14-9-16-29(3)21-10-6-5-7-11-21/h5-8,10-12,17H,9,13-16,18H2,1-4H3,(H2,25,26,27). The van der Waals surface area contributed by atoms with E-state index in [1.54, 1.807) is 6.26 Å². The van der Waals surface area contributed by atoms with Crippen LogP contribution in [0.1, 0.15) is 29.1 Å². The topological polar surface area (TPSA) is 70.6 Å². The predicted molar refractivity (Wildman–Crippen MR) is 127 cm³/mol. The lowest BCUT2D eigenvalue weighted by molar-refractivity contribution is 0.506. The minimum absolute atomic E-state index is 0.603. The fourth-order valence-electron chi connectivity index (χ4n) is 3.47. The summed E-state index contributed by atoms with van der Waals surface area (Å²) in [5, 5.41) is 11.4. The van der Waals surface area contributed by atoms with Crippen LogP contribution in [0.2, 0.25) is 0 Å². The number of aryl methyl sites for hydroxylation is 2. The maximum atomic E-state index is 5.43. The molecule has 0 atom stereocenters. The molecule has 0 aliphatic rings. The van der Waals surface area contributed by atoms with Gasteiger partial charge in [0.2, 0.25) is 0 Å². The second-order valence-electron chi connectivity index (χ2n) is 7.73. The molecule has 7 heteroatoms. The Labute approximate surface area is 185 Å². The molecule has 2 N–H and O–H groups in total. The Balaban J connectivity index is 1.54. The SMILES string of the molecule is Cc1nn(C)c(C)c1CN=C(NCCCN(C)c1ccccc1)NCCc1ccco1. The molecule has 0 bridgehead atoms. The zero-order valence-corrected chi connectivity index (χ0v) is 19.1. The average Bonchev–Trinajstić information content (AvgIpc) is 3.37. The lowest BCUT2D eigenvalue weighted by Gasteiger charge is -2.19. The Morgan fingerprint density at radius 3 is 2.55 bits per heavy atom. The summed E-state index contributed by atoms with van der Waals surface area (Å²) in [4.78, 5) is 7.09. The van der Waals surface area contributed by atoms with Crippen LogP contribution >= 0.6 is 0 Å². The first-order valence-electron chi connectivity index (χ1n) is 10.8. The zero-order chi connectivity index (χ0) is 22.1. The van der Waals surface area contributed by atoms with Crippen LogP contribution in [0.25, 0.3) is 0 Å². The molecule has 0 unspecified atom stereocenters. The second-order valence-corrected chi connectivity index (χ2v) is 7.73. The van der Waals surface area contributed by atoms with Crippen LogP contribution in [0, 0.1) is 13.8 Å². The molecule has 0 saturated heterocycles. The van der Waals surface area contributed by atoms with Crippen molar-refractivity contribution in [2.24, 2.45) is 12.0 Å². The number of benzene rings is 1. The third-order valence-electron chi connectivity index (χ3n) is 5.46. The van der Waals surface area contributed by atoms with Gasteiger partial charge in [-0.05, 0) is 44.5 Å². The number of nitrogens with zero attached hydrogens (tertiary/aromatic N) is 4. The normalized spacial score (nSPS) is 11.5. The van der Waals surface area contributed by atoms with E-state index in [4.69, 9.17) is 9.41 Å². The van der Waals surface area contributed by atoms with Crippen molar-refractivity contribution in [3.05, 3.63) is 71.4 Å². The Kier molecular flexibility index (Phi) is 8.15. The Morgan fingerprint density at radius 1 is 1.10 bits per heavy atom. The van der Waals surface area contributed by atoms with E-state index in [1.807, 2.05) is 36.9 Å². The van der Waals surface area contributed by atoms with E-state index in [-0.39, 0.29) is 0 Å². The highest BCUT2D eigenvalue weighted by atomic mass is 16.3. The third kappa shape index (κ3) is 6.64. The van der Waals surface area contributed by atoms with Crippen molar-refractivity contribution in [3.63, 3.8) is 0 Å². The minimum Gasteiger partial charge on any atom is -0.469 e. The van der Waals surface area contributed by atoms with Crippen LogP contribution in [0.3, 0.4) is 0 Å². The Morgan fingerprint density at radius 2 is 1.87 bits per heavy atom. The van der Waals surface area contributed by atoms with E-state index < -0.39 is 0 Å². The molecule has 0 aliphatic carbocycles. The van der Waals surface area contributed by atoms with Crippen LogP contribution in [-0.4, -0.2) is 42.4 Å². The molecule has 0 spiro atoms. The number of aliphatic imine (C=N–C) groups is 1. The molecular formula is C24H34N6O. The molecule has 7 nitrogen and oxygen atoms in total. The first kappa shape index (κ1) is 22.5. The lowest BCUT2D eigenvalue weighted by atomic mass is 10.2. The quantitative estimate of drug-likeness (QED) is 0.298. The van der Waals surface area contributed by atoms with Gasteiger partial charge in [-0.25, -0.2) is 4.99 Å². The molecule has 0 radical (unpaired) electrons. The number of guanidine groups is 1. The number of hydrogen-bond donors (Lipinski definition) is 2. The number of anilines is 1. The lowest BCUT2D eigenvalue weighted by Crippen LogP contribution is -2.39. The fraction of sp³-hybridized carbons (Fsp3) is 0.417. The van der Waals surface area contributed by atoms with Gasteiger partial charge in [-0.15, -0.1) is 0 Å². The summed E-state index contributed by atoms with van der Waals surface area (Å²) in [7, 11) is 4.10. The van der Waals surface area contributed by atoms with Crippen LogP contribution < -0.4 is 15.5 Å². The number of hydrogen-bond acceptors (Lipinski definition) is 4. The third-order valence-corrected chi connectivity index (χ3v) is 5.46. The summed E-state index contributed by atoms with van der Waals surface area (Å²) < 4.78 is 7.34. The number of nitrogens with one attached hydrogen (secondary N) is 2. The first-order chi connectivity index (χ1) is 15.0. The molecule has 2 aromatic heterocycles. The van der Waals surface area contributed by atoms with E-state index in [0.717, 1.165) is 55.6 Å². The van der Waals surface area contributed by atoms with Gasteiger partial charge >= 0.3 is 0 Å². The summed E-state index contributed by atoms with van der Waals surface area (Å²) in [6, 6.07) is 14.4. The highest BCUT2D eigenvalue weighted by molar-refractivity contribution is 5.79. The van der Waals surface area contributed by atoms with Gasteiger partial charge in [0.05, 0.1) is 18.5 Å². The summed E-state index contributed by atoms with van der Waals surface area (Å²) in [6.45, 7) is 7.29. The molecule has 31 heavy (non-hydrogen) atoms. The van der Waals surface area contributed by atoms with Crippen molar-refractivity contribution in [3.8, 4) is 0 Å². The molecule has 3 aromatic rings. The van der Waals surface area contributed by atoms with Gasteiger partial charge < -0.3 is 20.0 Å². The van der Waals surface area contributed by atoms with E-state index in [9.17, 15) is 0 Å². The van der Waals surface area contributed by atoms with Gasteiger partial charge in [-0.2, -0.15) is 5.10 Å². The maximum Gasteiger partial charge on any atom is 0.191 e. The van der Waals surface area contributed by atoms with Crippen molar-refractivity contribution in [1.82, 2.24) is 20.4 Å². The molecule has 0 aliphatic heterocycles. The van der Waals surface area contributed by atoms with Crippen molar-refractivity contribution < 1.29 is 4.42 Å². The molecule has 0 fully saturated rings. The van der Waals surface area contributed by atoms with Crippen LogP contribution in [0.15, 0.2) is 58.1 Å². The highest BCUT2D eigenvalue weighted by Crippen LogP contribution is 2.13. The van der Waals surface area contributed by atoms with Gasteiger partial charge in [0.1, 0.15) is 5.76 Å². The largest absolute Gasteiger partial charge is 0.469 e. The molecule has 2 heterocycles. The molecule has 166 valence electrons. The minimum atomic E-state index is 0.603. The van der Waals surface area contributed by atoms with E-state index in [1.165, 1.54) is 11.3 Å². The molecule has 0 amide bonds. The van der Waals surface area contributed by atoms with Crippen molar-refractivity contribution >= 4 is 11.6 Å². The van der Waals surface area contributed by atoms with Crippen molar-refractivity contribution in [2.75, 3.05) is 31.6 Å². The molecule has 3 rings (SSSR count). The molecule has 0 saturated carbocycles. The first-order valence-corrected chi connectivity index (χ1v) is 10.8. The number of rotatable bonds is 10. The van der Waals surface area contributed by atoms with Crippen molar-refractivity contribution in [1.29, 1.82) is 0 Å². The Hall–Kier alpha value is -3.22. The van der Waals surface area contributed by atoms with Gasteiger partial charge in [0.15, 0.2) is 5.96 Å². The Bertz CT molecular complexity index is 946. The van der Waals surface area contributed by atoms with Crippen LogP contribution in [0.4, 0.5) is 5.69 Å². The summed E-state index contributed by atoms with van der Waals surface area (Å²) in [5.74, 6) is 1.78. The molecular weight excluding hydrogens is 388 g/mol. The van der Waals surface area contributed by atoms with Gasteiger partial charge in [0.25, 0.3) is 0 Å². The summed E-state index contributed by atoms with van der Waals surface area (Å²) in [5.41, 5.74) is 4.60. The fourth-order valence-corrected chi connectivity index (χ4v) is 3.47. The van der Waals surface area contributed by atoms with E-state index in [2.05, 4.69) is 58.9 Å². The summed E-state index contributed by atoms with van der Waals surface area (Å²) in [6.07, 6.45) is 3.53. The number of furan rings is 1. The van der Waals surface area contributed by atoms with E-state index >= 15 is 0 Å². The van der Waals surface area contributed by atoms with E-state index in [0.29, 0.717) is 6.54 Å². The van der Waals surface area contributed by atoms with Crippen LogP contribution in [0.5, 0.6) is 0 Å². The zero-order valence-electron chi connectivity index (χ0n) is 19.1. The monoisotopic (exact) mass is 422 g/mol. The van der Waals surface area contributed by atoms with Crippen molar-refractivity contribution in [2.45, 2.75) is 33.2 Å².